The van der Waals surface area contributed by atoms with Crippen LogP contribution in [0.25, 0.3) is 32.7 Å². The SMILES string of the molecule is CO.COC(=O)c1ccc2c(=O)[nH]cnc2c1.COC(=O)c1ccc2c(=O)n(Cc3cccc(C(F)(F)F)c3)cnc2c1.Cc1cccc(CBr)c1.O=C(CO)c1ccc2c(=O)n(Cc3cccc(C(F)(F)F)c3)cnc2c1. The molecule has 9 rings (SSSR count). The molecular formula is C55H47BrF6N6O10. The maximum absolute atomic E-state index is 12.8. The van der Waals surface area contributed by atoms with Gasteiger partial charge in [0.15, 0.2) is 5.78 Å². The lowest BCUT2D eigenvalue weighted by Gasteiger charge is -2.10. The number of carbonyl (C=O) groups excluding carboxylic acids is 3. The Hall–Kier alpha value is -8.67. The van der Waals surface area contributed by atoms with Gasteiger partial charge in [-0.15, -0.1) is 0 Å². The van der Waals surface area contributed by atoms with Crippen LogP contribution in [0.2, 0.25) is 0 Å². The predicted molar refractivity (Wildman–Crippen MR) is 282 cm³/mol. The smallest absolute Gasteiger partial charge is 0.416 e. The van der Waals surface area contributed by atoms with Gasteiger partial charge in [0.25, 0.3) is 16.7 Å². The number of Topliss-reactive ketones (excluding diaryl/α,β-unsaturated/α-hetero) is 1. The maximum Gasteiger partial charge on any atom is 0.416 e. The predicted octanol–water partition coefficient (Wildman–Crippen LogP) is 9.10. The van der Waals surface area contributed by atoms with Crippen molar-refractivity contribution in [2.24, 2.45) is 0 Å². The highest BCUT2D eigenvalue weighted by Crippen LogP contribution is 2.31. The van der Waals surface area contributed by atoms with Crippen LogP contribution in [0.4, 0.5) is 26.3 Å². The van der Waals surface area contributed by atoms with Crippen LogP contribution >= 0.6 is 15.9 Å². The number of hydrogen-bond donors (Lipinski definition) is 3. The second-order valence-electron chi connectivity index (χ2n) is 16.4. The van der Waals surface area contributed by atoms with Crippen molar-refractivity contribution in [3.8, 4) is 0 Å². The minimum atomic E-state index is -4.46. The zero-order valence-corrected chi connectivity index (χ0v) is 43.3. The van der Waals surface area contributed by atoms with E-state index in [0.29, 0.717) is 33.1 Å². The molecule has 0 radical (unpaired) electrons. The van der Waals surface area contributed by atoms with Gasteiger partial charge >= 0.3 is 24.3 Å². The monoisotopic (exact) mass is 1140 g/mol. The van der Waals surface area contributed by atoms with Crippen molar-refractivity contribution in [2.75, 3.05) is 27.9 Å². The molecule has 0 spiro atoms. The molecule has 3 N–H and O–H groups in total. The Morgan fingerprint density at radius 3 is 1.42 bits per heavy atom. The number of rotatable bonds is 9. The molecule has 0 amide bonds. The molecule has 0 aliphatic carbocycles. The van der Waals surface area contributed by atoms with Crippen LogP contribution in [-0.4, -0.2) is 84.9 Å². The summed E-state index contributed by atoms with van der Waals surface area (Å²) in [6.45, 7) is 1.33. The van der Waals surface area contributed by atoms with Crippen molar-refractivity contribution in [2.45, 2.75) is 37.7 Å². The summed E-state index contributed by atoms with van der Waals surface area (Å²) >= 11 is 3.39. The van der Waals surface area contributed by atoms with E-state index in [4.69, 9.17) is 10.2 Å². The summed E-state index contributed by atoms with van der Waals surface area (Å²) in [7, 11) is 3.55. The number of H-pyrrole nitrogens is 1. The molecule has 23 heteroatoms. The number of aromatic amines is 1. The van der Waals surface area contributed by atoms with Crippen LogP contribution in [-0.2, 0) is 40.2 Å². The number of methoxy groups -OCH3 is 2. The number of nitrogens with zero attached hydrogens (tertiary/aromatic N) is 5. The lowest BCUT2D eigenvalue weighted by molar-refractivity contribution is -0.138. The second kappa shape index (κ2) is 27.4. The number of alkyl halides is 7. The van der Waals surface area contributed by atoms with E-state index in [-0.39, 0.29) is 46.1 Å². The number of fused-ring (bicyclic) bond motifs is 3. The summed E-state index contributed by atoms with van der Waals surface area (Å²) < 4.78 is 88.4. The number of benzene rings is 6. The van der Waals surface area contributed by atoms with E-state index >= 15 is 0 Å². The molecule has 0 aliphatic heterocycles. The molecule has 78 heavy (non-hydrogen) atoms. The summed E-state index contributed by atoms with van der Waals surface area (Å²) in [5.41, 5.74) is 2.58. The zero-order valence-electron chi connectivity index (χ0n) is 41.7. The van der Waals surface area contributed by atoms with Crippen LogP contribution in [0, 0.1) is 6.92 Å². The number of aliphatic hydroxyl groups is 2. The second-order valence-corrected chi connectivity index (χ2v) is 16.9. The molecule has 0 saturated carbocycles. The van der Waals surface area contributed by atoms with Crippen LogP contribution in [0.1, 0.15) is 64.5 Å². The maximum atomic E-state index is 12.8. The van der Waals surface area contributed by atoms with E-state index in [2.05, 4.69) is 76.5 Å². The van der Waals surface area contributed by atoms with Gasteiger partial charge in [0, 0.05) is 18.0 Å². The number of ether oxygens (including phenoxy) is 2. The number of hydrogen-bond acceptors (Lipinski definition) is 13. The number of aryl methyl sites for hydroxylation is 1. The first-order chi connectivity index (χ1) is 37.1. The van der Waals surface area contributed by atoms with Gasteiger partial charge in [0.2, 0.25) is 0 Å². The van der Waals surface area contributed by atoms with E-state index in [1.165, 1.54) is 126 Å². The topological polar surface area (TPSA) is 226 Å². The van der Waals surface area contributed by atoms with Crippen molar-refractivity contribution in [3.05, 3.63) is 228 Å². The van der Waals surface area contributed by atoms with E-state index < -0.39 is 58.9 Å². The molecule has 3 aromatic heterocycles. The van der Waals surface area contributed by atoms with Crippen LogP contribution in [0.5, 0.6) is 0 Å². The fourth-order valence-electron chi connectivity index (χ4n) is 7.25. The molecule has 6 aromatic carbocycles. The minimum absolute atomic E-state index is 0.0511. The van der Waals surface area contributed by atoms with E-state index in [0.717, 1.165) is 36.7 Å². The van der Waals surface area contributed by atoms with Gasteiger partial charge in [0.05, 0.1) is 101 Å². The first-order valence-electron chi connectivity index (χ1n) is 22.8. The normalized spacial score (nSPS) is 10.9. The van der Waals surface area contributed by atoms with Crippen LogP contribution in [0.3, 0.4) is 0 Å². The number of aromatic nitrogens is 6. The van der Waals surface area contributed by atoms with Crippen molar-refractivity contribution < 1.29 is 60.4 Å². The van der Waals surface area contributed by atoms with Crippen molar-refractivity contribution in [1.29, 1.82) is 0 Å². The quantitative estimate of drug-likeness (QED) is 0.0531. The van der Waals surface area contributed by atoms with Gasteiger partial charge in [-0.2, -0.15) is 26.3 Å². The highest BCUT2D eigenvalue weighted by Gasteiger charge is 2.31. The Bertz CT molecular complexity index is 3600. The van der Waals surface area contributed by atoms with Crippen molar-refractivity contribution >= 4 is 66.4 Å². The van der Waals surface area contributed by atoms with E-state index in [1.54, 1.807) is 6.07 Å². The first-order valence-corrected chi connectivity index (χ1v) is 23.9. The van der Waals surface area contributed by atoms with Crippen LogP contribution < -0.4 is 16.7 Å². The van der Waals surface area contributed by atoms with Crippen molar-refractivity contribution in [1.82, 2.24) is 29.1 Å². The molecule has 9 aromatic rings. The number of carbonyl (C=O) groups is 3. The summed E-state index contributed by atoms with van der Waals surface area (Å²) in [5, 5.41) is 17.8. The summed E-state index contributed by atoms with van der Waals surface area (Å²) in [4.78, 5) is 85.3. The number of ketones is 1. The molecule has 406 valence electrons. The molecule has 16 nitrogen and oxygen atoms in total. The fraction of sp³-hybridized carbons (Fsp3) is 0.182. The van der Waals surface area contributed by atoms with Gasteiger partial charge in [-0.3, -0.25) is 28.3 Å². The third-order valence-electron chi connectivity index (χ3n) is 11.1. The number of halogens is 7. The third kappa shape index (κ3) is 15.9. The molecule has 0 bridgehead atoms. The summed E-state index contributed by atoms with van der Waals surface area (Å²) in [6.07, 6.45) is -5.15. The summed E-state index contributed by atoms with van der Waals surface area (Å²) in [6, 6.07) is 31.1. The third-order valence-corrected chi connectivity index (χ3v) is 11.7. The molecule has 0 atom stereocenters. The average Bonchev–Trinajstić information content (AvgIpc) is 3.46. The largest absolute Gasteiger partial charge is 0.465 e. The first kappa shape index (κ1) is 60.2. The Morgan fingerprint density at radius 2 is 1.00 bits per heavy atom. The van der Waals surface area contributed by atoms with Gasteiger partial charge < -0.3 is 24.7 Å². The Labute approximate surface area is 447 Å². The lowest BCUT2D eigenvalue weighted by Crippen LogP contribution is -2.21. The Balaban J connectivity index is 0.000000202. The van der Waals surface area contributed by atoms with Crippen LogP contribution in [0.15, 0.2) is 161 Å². The number of nitrogens with one attached hydrogen (secondary N) is 1. The highest BCUT2D eigenvalue weighted by molar-refractivity contribution is 9.08. The Kier molecular flexibility index (Phi) is 21.1. The highest BCUT2D eigenvalue weighted by atomic mass is 79.9. The van der Waals surface area contributed by atoms with E-state index in [9.17, 15) is 55.1 Å². The Morgan fingerprint density at radius 1 is 0.577 bits per heavy atom. The molecule has 0 aliphatic rings. The van der Waals surface area contributed by atoms with Gasteiger partial charge in [-0.1, -0.05) is 76.1 Å². The average molecular weight is 1150 g/mol. The fourth-order valence-corrected chi connectivity index (χ4v) is 7.59. The molecule has 0 saturated heterocycles. The number of aliphatic hydroxyl groups excluding tert-OH is 2. The molecule has 3 heterocycles. The molecular weight excluding hydrogens is 1100 g/mol. The molecule has 0 unspecified atom stereocenters. The molecule has 0 fully saturated rings. The number of esters is 2. The van der Waals surface area contributed by atoms with Gasteiger partial charge in [-0.05, 0) is 96.4 Å². The van der Waals surface area contributed by atoms with E-state index in [1.807, 2.05) is 0 Å². The lowest BCUT2D eigenvalue weighted by atomic mass is 10.1. The standard InChI is InChI=1S/2C18H13F3N2O3.C10H8N2O3.C8H9Br.CH4O/c1-26-17(25)12-5-6-14-15(8-12)22-10-23(16(14)24)9-11-3-2-4-13(7-11)18(19,20)21;19-18(20,21)13-3-1-2-11(6-13)8-23-10-22-15-7-12(16(25)9-24)4-5-14(15)17(23)26;1-15-10(14)6-2-3-7-8(4-6)11-5-12-9(7)13;1-7-3-2-4-8(5-7)6-9;1-2/h2-8,10H,9H2,1H3;1-7,10,24H,8-9H2;2-5H,1H3,(H,11,12,13);2-5H,6H2,1H3;2H,1H3. The van der Waals surface area contributed by atoms with Gasteiger partial charge in [-0.25, -0.2) is 24.5 Å². The zero-order chi connectivity index (χ0) is 57.3. The van der Waals surface area contributed by atoms with Crippen molar-refractivity contribution in [3.63, 3.8) is 0 Å². The summed E-state index contributed by atoms with van der Waals surface area (Å²) in [5.74, 6) is -1.50. The minimum Gasteiger partial charge on any atom is -0.465 e. The van der Waals surface area contributed by atoms with Gasteiger partial charge in [0.1, 0.15) is 6.61 Å².